The van der Waals surface area contributed by atoms with Gasteiger partial charge in [0.2, 0.25) is 0 Å². The van der Waals surface area contributed by atoms with E-state index in [4.69, 9.17) is 14.2 Å². The normalized spacial score (nSPS) is 17.1. The van der Waals surface area contributed by atoms with E-state index in [9.17, 15) is 0 Å². The Kier molecular flexibility index (Phi) is 9.09. The van der Waals surface area contributed by atoms with Crippen LogP contribution in [-0.4, -0.2) is 35.2 Å². The molecule has 5 aromatic carbocycles. The van der Waals surface area contributed by atoms with Gasteiger partial charge in [-0.15, -0.1) is 0 Å². The maximum absolute atomic E-state index is 6.26. The fourth-order valence-electron chi connectivity index (χ4n) is 7.77. The third kappa shape index (κ3) is 7.09. The van der Waals surface area contributed by atoms with Gasteiger partial charge in [-0.1, -0.05) is 72.8 Å². The third-order valence-corrected chi connectivity index (χ3v) is 10.3. The van der Waals surface area contributed by atoms with Gasteiger partial charge in [-0.25, -0.2) is 0 Å². The first-order valence-electron chi connectivity index (χ1n) is 17.7. The topological polar surface area (TPSA) is 35.9 Å². The monoisotopic (exact) mass is 648 g/mol. The van der Waals surface area contributed by atoms with Gasteiger partial charge in [0.25, 0.3) is 0 Å². The fraction of sp³-hybridized carbons (Fsp3) is 0.273. The van der Waals surface area contributed by atoms with E-state index in [2.05, 4.69) is 107 Å². The van der Waals surface area contributed by atoms with Crippen molar-refractivity contribution in [2.24, 2.45) is 5.92 Å². The van der Waals surface area contributed by atoms with E-state index >= 15 is 0 Å². The van der Waals surface area contributed by atoms with E-state index in [1.807, 2.05) is 36.4 Å². The van der Waals surface area contributed by atoms with Crippen LogP contribution < -0.4 is 14.2 Å². The van der Waals surface area contributed by atoms with Crippen LogP contribution >= 0.6 is 0 Å². The largest absolute Gasteiger partial charge is 0.492 e. The van der Waals surface area contributed by atoms with Crippen molar-refractivity contribution in [3.63, 3.8) is 0 Å². The third-order valence-electron chi connectivity index (χ3n) is 10.3. The van der Waals surface area contributed by atoms with E-state index in [-0.39, 0.29) is 0 Å². The van der Waals surface area contributed by atoms with Crippen LogP contribution in [-0.2, 0) is 19.8 Å². The zero-order valence-electron chi connectivity index (χ0n) is 28.3. The molecule has 2 aliphatic rings. The first-order valence-corrected chi connectivity index (χ1v) is 17.7. The highest BCUT2D eigenvalue weighted by molar-refractivity contribution is 5.92. The number of aryl methyl sites for hydroxylation is 1. The molecule has 6 aromatic rings. The van der Waals surface area contributed by atoms with Gasteiger partial charge >= 0.3 is 0 Å². The Morgan fingerprint density at radius 2 is 1.27 bits per heavy atom. The summed E-state index contributed by atoms with van der Waals surface area (Å²) in [6.07, 6.45) is 4.17. The number of benzene rings is 5. The Morgan fingerprint density at radius 3 is 1.92 bits per heavy atom. The van der Waals surface area contributed by atoms with Crippen LogP contribution in [0.15, 0.2) is 127 Å². The molecule has 1 aliphatic carbocycles. The molecule has 2 bridgehead atoms. The van der Waals surface area contributed by atoms with Gasteiger partial charge in [-0.2, -0.15) is 0 Å². The number of rotatable bonds is 13. The number of likely N-dealkylation sites (tertiary alicyclic amines) is 1. The number of nitrogens with zero attached hydrogens (tertiary/aromatic N) is 2. The lowest BCUT2D eigenvalue weighted by Crippen LogP contribution is -2.35. The molecule has 5 heteroatoms. The molecule has 1 aromatic heterocycles. The summed E-state index contributed by atoms with van der Waals surface area (Å²) in [4.78, 5) is 2.63. The minimum absolute atomic E-state index is 0.539. The molecule has 248 valence electrons. The predicted octanol–water partition coefficient (Wildman–Crippen LogP) is 9.69. The smallest absolute Gasteiger partial charge is 0.120 e. The van der Waals surface area contributed by atoms with Gasteiger partial charge in [0, 0.05) is 36.6 Å². The number of hydrogen-bond donors (Lipinski definition) is 0. The molecule has 8 rings (SSSR count). The highest BCUT2D eigenvalue weighted by atomic mass is 16.5. The number of ether oxygens (including phenoxy) is 3. The number of fused-ring (bicyclic) bond motifs is 3. The lowest BCUT2D eigenvalue weighted by Gasteiger charge is -2.26. The summed E-state index contributed by atoms with van der Waals surface area (Å²) in [5.41, 5.74) is 8.31. The standard InChI is InChI=1S/C44H44N2O3/c1-32-42-27-41(49-31-35-10-6-3-7-11-35)22-23-43(42)46(44(32)37-15-20-40(21-16-37)48-30-34-8-4-2-5-9-34)29-33-13-18-39(19-14-33)47-25-24-45-28-36-12-17-38(45)26-36/h2-11,13-16,18-23,27,36,38H,12,17,24-26,28-31H2,1H3/t36-,38+/m1/s1. The Hall–Kier alpha value is -5.00. The number of aromatic nitrogens is 1. The van der Waals surface area contributed by atoms with Crippen LogP contribution in [0.2, 0.25) is 0 Å². The van der Waals surface area contributed by atoms with Gasteiger partial charge in [-0.3, -0.25) is 4.90 Å². The lowest BCUT2D eigenvalue weighted by molar-refractivity contribution is 0.172. The molecule has 2 heterocycles. The van der Waals surface area contributed by atoms with Gasteiger partial charge in [0.15, 0.2) is 0 Å². The summed E-state index contributed by atoms with van der Waals surface area (Å²) in [6, 6.07) is 45.0. The first-order chi connectivity index (χ1) is 24.2. The summed E-state index contributed by atoms with van der Waals surface area (Å²) in [5.74, 6) is 3.59. The lowest BCUT2D eigenvalue weighted by atomic mass is 10.1. The quantitative estimate of drug-likeness (QED) is 0.125. The zero-order chi connectivity index (χ0) is 33.0. The van der Waals surface area contributed by atoms with Crippen LogP contribution in [0.25, 0.3) is 22.2 Å². The number of piperidine rings is 1. The van der Waals surface area contributed by atoms with Crippen molar-refractivity contribution in [1.82, 2.24) is 9.47 Å². The maximum atomic E-state index is 6.26. The molecule has 0 radical (unpaired) electrons. The first kappa shape index (κ1) is 31.3. The van der Waals surface area contributed by atoms with Crippen molar-refractivity contribution in [2.75, 3.05) is 19.7 Å². The highest BCUT2D eigenvalue weighted by Gasteiger charge is 2.37. The van der Waals surface area contributed by atoms with E-state index in [0.717, 1.165) is 65.6 Å². The Balaban J connectivity index is 1.03. The fourth-order valence-corrected chi connectivity index (χ4v) is 7.77. The van der Waals surface area contributed by atoms with Gasteiger partial charge < -0.3 is 18.8 Å². The average molecular weight is 649 g/mol. The van der Waals surface area contributed by atoms with Crippen molar-refractivity contribution in [3.05, 3.63) is 150 Å². The van der Waals surface area contributed by atoms with E-state index in [0.29, 0.717) is 13.2 Å². The maximum Gasteiger partial charge on any atom is 0.120 e. The van der Waals surface area contributed by atoms with Crippen molar-refractivity contribution in [2.45, 2.75) is 52.0 Å². The Morgan fingerprint density at radius 1 is 0.633 bits per heavy atom. The summed E-state index contributed by atoms with van der Waals surface area (Å²) in [5, 5.41) is 1.19. The van der Waals surface area contributed by atoms with Crippen LogP contribution in [0.4, 0.5) is 0 Å². The Labute approximate surface area is 289 Å². The van der Waals surface area contributed by atoms with Crippen LogP contribution in [0, 0.1) is 12.8 Å². The molecule has 0 N–H and O–H groups in total. The second-order valence-corrected chi connectivity index (χ2v) is 13.6. The van der Waals surface area contributed by atoms with E-state index in [1.54, 1.807) is 0 Å². The van der Waals surface area contributed by atoms with Crippen LogP contribution in [0.3, 0.4) is 0 Å². The molecular weight excluding hydrogens is 604 g/mol. The van der Waals surface area contributed by atoms with Crippen molar-refractivity contribution < 1.29 is 14.2 Å². The predicted molar refractivity (Wildman–Crippen MR) is 197 cm³/mol. The molecular formula is C44H44N2O3. The molecule has 5 nitrogen and oxygen atoms in total. The van der Waals surface area contributed by atoms with Crippen molar-refractivity contribution >= 4 is 10.9 Å². The molecule has 1 aliphatic heterocycles. The second-order valence-electron chi connectivity index (χ2n) is 13.6. The second kappa shape index (κ2) is 14.2. The molecule has 0 unspecified atom stereocenters. The minimum atomic E-state index is 0.539. The molecule has 49 heavy (non-hydrogen) atoms. The van der Waals surface area contributed by atoms with Crippen molar-refractivity contribution in [3.8, 4) is 28.5 Å². The van der Waals surface area contributed by atoms with Crippen LogP contribution in [0.5, 0.6) is 17.2 Å². The zero-order valence-corrected chi connectivity index (χ0v) is 28.3. The van der Waals surface area contributed by atoms with Gasteiger partial charge in [0.1, 0.15) is 37.1 Å². The van der Waals surface area contributed by atoms with Crippen molar-refractivity contribution in [1.29, 1.82) is 0 Å². The van der Waals surface area contributed by atoms with E-state index in [1.165, 1.54) is 53.5 Å². The number of hydrogen-bond acceptors (Lipinski definition) is 4. The minimum Gasteiger partial charge on any atom is -0.492 e. The molecule has 1 saturated heterocycles. The highest BCUT2D eigenvalue weighted by Crippen LogP contribution is 2.38. The van der Waals surface area contributed by atoms with Gasteiger partial charge in [-0.05, 0) is 115 Å². The molecule has 0 spiro atoms. The Bertz CT molecular complexity index is 1980. The summed E-state index contributed by atoms with van der Waals surface area (Å²) in [6.45, 7) is 7.07. The molecule has 0 amide bonds. The van der Waals surface area contributed by atoms with Crippen LogP contribution in [0.1, 0.15) is 41.5 Å². The molecule has 2 atom stereocenters. The SMILES string of the molecule is Cc1c(-c2ccc(OCc3ccccc3)cc2)n(Cc2ccc(OCCN3C[C@@H]4CC[C@H]3C4)cc2)c2ccc(OCc3ccccc3)cc12. The summed E-state index contributed by atoms with van der Waals surface area (Å²) in [7, 11) is 0. The molecule has 2 fully saturated rings. The van der Waals surface area contributed by atoms with E-state index < -0.39 is 0 Å². The van der Waals surface area contributed by atoms with Gasteiger partial charge in [0.05, 0.1) is 5.69 Å². The summed E-state index contributed by atoms with van der Waals surface area (Å²) >= 11 is 0. The molecule has 1 saturated carbocycles. The average Bonchev–Trinajstić information content (AvgIpc) is 3.85. The summed E-state index contributed by atoms with van der Waals surface area (Å²) < 4.78 is 21.0.